The van der Waals surface area contributed by atoms with Gasteiger partial charge in [-0.05, 0) is 30.9 Å². The first-order valence-electron chi connectivity index (χ1n) is 9.52. The molecule has 146 valence electrons. The van der Waals surface area contributed by atoms with Crippen molar-refractivity contribution >= 4 is 35.1 Å². The first kappa shape index (κ1) is 19.7. The molecule has 2 atom stereocenters. The largest absolute Gasteiger partial charge is 0.351 e. The number of carbonyl (C=O) groups is 2. The number of fused-ring (bicyclic) bond motifs is 1. The normalized spacial score (nSPS) is 22.7. The number of nitrogens with zero attached hydrogens (tertiary/aromatic N) is 2. The van der Waals surface area contributed by atoms with E-state index in [0.29, 0.717) is 44.2 Å². The summed E-state index contributed by atoms with van der Waals surface area (Å²) < 4.78 is 0. The minimum atomic E-state index is 0. The molecule has 4 rings (SSSR count). The standard InChI is InChI=1S/C20H26N4O2.ClH/c21-16-6-3-5-14(16)13-19(25)23-8-10-24(11-9-23)20(26)18-12-15-4-1-2-7-17(15)22-18;/h1-2,4,7,12,14,16,22H,3,5-6,8-11,13,21H2;1H/t14-,16+;/m0./s1. The second-order valence-electron chi connectivity index (χ2n) is 7.50. The topological polar surface area (TPSA) is 82.4 Å². The molecule has 3 N–H and O–H groups in total. The van der Waals surface area contributed by atoms with Crippen molar-refractivity contribution in [2.24, 2.45) is 11.7 Å². The number of piperazine rings is 1. The summed E-state index contributed by atoms with van der Waals surface area (Å²) in [6, 6.07) is 9.95. The van der Waals surface area contributed by atoms with Gasteiger partial charge in [-0.15, -0.1) is 12.4 Å². The van der Waals surface area contributed by atoms with Crippen LogP contribution in [0.3, 0.4) is 0 Å². The van der Waals surface area contributed by atoms with Crippen molar-refractivity contribution < 1.29 is 9.59 Å². The van der Waals surface area contributed by atoms with E-state index in [2.05, 4.69) is 4.98 Å². The Bertz CT molecular complexity index is 780. The fourth-order valence-corrected chi connectivity index (χ4v) is 4.19. The molecule has 1 saturated carbocycles. The lowest BCUT2D eigenvalue weighted by Gasteiger charge is -2.35. The van der Waals surface area contributed by atoms with Crippen LogP contribution >= 0.6 is 12.4 Å². The Morgan fingerprint density at radius 2 is 1.78 bits per heavy atom. The summed E-state index contributed by atoms with van der Waals surface area (Å²) in [6.07, 6.45) is 3.78. The van der Waals surface area contributed by atoms with Gasteiger partial charge in [0.25, 0.3) is 5.91 Å². The molecule has 2 amide bonds. The molecule has 2 aromatic rings. The van der Waals surface area contributed by atoms with Crippen LogP contribution in [0.15, 0.2) is 30.3 Å². The molecule has 1 aromatic carbocycles. The van der Waals surface area contributed by atoms with Crippen molar-refractivity contribution in [3.05, 3.63) is 36.0 Å². The smallest absolute Gasteiger partial charge is 0.270 e. The van der Waals surface area contributed by atoms with E-state index in [1.165, 1.54) is 0 Å². The number of nitrogens with one attached hydrogen (secondary N) is 1. The van der Waals surface area contributed by atoms with Gasteiger partial charge in [0, 0.05) is 49.5 Å². The number of nitrogens with two attached hydrogens (primary N) is 1. The van der Waals surface area contributed by atoms with Gasteiger partial charge in [0.2, 0.25) is 5.91 Å². The van der Waals surface area contributed by atoms with E-state index < -0.39 is 0 Å². The zero-order valence-electron chi connectivity index (χ0n) is 15.4. The molecule has 27 heavy (non-hydrogen) atoms. The summed E-state index contributed by atoms with van der Waals surface area (Å²) in [7, 11) is 0. The first-order chi connectivity index (χ1) is 12.6. The number of carbonyl (C=O) groups excluding carboxylic acids is 2. The third-order valence-corrected chi connectivity index (χ3v) is 5.83. The lowest BCUT2D eigenvalue weighted by Crippen LogP contribution is -2.51. The van der Waals surface area contributed by atoms with Crippen LogP contribution in [0.1, 0.15) is 36.2 Å². The molecule has 0 bridgehead atoms. The van der Waals surface area contributed by atoms with Crippen molar-refractivity contribution in [3.8, 4) is 0 Å². The number of hydrogen-bond donors (Lipinski definition) is 2. The molecule has 0 unspecified atom stereocenters. The number of amides is 2. The van der Waals surface area contributed by atoms with Crippen molar-refractivity contribution in [1.82, 2.24) is 14.8 Å². The van der Waals surface area contributed by atoms with E-state index in [-0.39, 0.29) is 30.3 Å². The maximum Gasteiger partial charge on any atom is 0.270 e. The van der Waals surface area contributed by atoms with Gasteiger partial charge in [0.15, 0.2) is 0 Å². The van der Waals surface area contributed by atoms with E-state index in [1.54, 1.807) is 0 Å². The average Bonchev–Trinajstić information content (AvgIpc) is 3.27. The number of rotatable bonds is 3. The molecule has 2 fully saturated rings. The Labute approximate surface area is 165 Å². The molecule has 1 aromatic heterocycles. The van der Waals surface area contributed by atoms with E-state index in [0.717, 1.165) is 30.2 Å². The predicted octanol–water partition coefficient (Wildman–Crippen LogP) is 2.39. The third-order valence-electron chi connectivity index (χ3n) is 5.83. The quantitative estimate of drug-likeness (QED) is 0.844. The van der Waals surface area contributed by atoms with Crippen molar-refractivity contribution in [2.75, 3.05) is 26.2 Å². The van der Waals surface area contributed by atoms with E-state index >= 15 is 0 Å². The van der Waals surface area contributed by atoms with Gasteiger partial charge in [-0.1, -0.05) is 24.6 Å². The Morgan fingerprint density at radius 3 is 2.44 bits per heavy atom. The number of benzene rings is 1. The highest BCUT2D eigenvalue weighted by Crippen LogP contribution is 2.27. The number of halogens is 1. The third kappa shape index (κ3) is 4.12. The molecule has 1 aliphatic carbocycles. The van der Waals surface area contributed by atoms with Gasteiger partial charge in [-0.25, -0.2) is 0 Å². The maximum atomic E-state index is 12.7. The van der Waals surface area contributed by atoms with Gasteiger partial charge >= 0.3 is 0 Å². The van der Waals surface area contributed by atoms with Crippen LogP contribution in [0.5, 0.6) is 0 Å². The summed E-state index contributed by atoms with van der Waals surface area (Å²) in [5.74, 6) is 0.518. The van der Waals surface area contributed by atoms with Gasteiger partial charge in [0.1, 0.15) is 5.69 Å². The molecule has 1 saturated heterocycles. The molecule has 7 heteroatoms. The predicted molar refractivity (Wildman–Crippen MR) is 108 cm³/mol. The lowest BCUT2D eigenvalue weighted by atomic mass is 9.99. The average molecular weight is 391 g/mol. The molecule has 0 radical (unpaired) electrons. The molecular formula is C20H27ClN4O2. The summed E-state index contributed by atoms with van der Waals surface area (Å²) in [5.41, 5.74) is 7.67. The number of H-pyrrole nitrogens is 1. The van der Waals surface area contributed by atoms with Crippen LogP contribution in [0.2, 0.25) is 0 Å². The minimum Gasteiger partial charge on any atom is -0.351 e. The molecule has 1 aliphatic heterocycles. The molecular weight excluding hydrogens is 364 g/mol. The van der Waals surface area contributed by atoms with Crippen molar-refractivity contribution in [1.29, 1.82) is 0 Å². The SMILES string of the molecule is Cl.N[C@@H]1CCC[C@H]1CC(=O)N1CCN(C(=O)c2cc3ccccc3[nH]2)CC1. The Hall–Kier alpha value is -2.05. The zero-order chi connectivity index (χ0) is 18.1. The number of aromatic amines is 1. The van der Waals surface area contributed by atoms with Gasteiger partial charge in [0.05, 0.1) is 0 Å². The lowest BCUT2D eigenvalue weighted by molar-refractivity contribution is -0.133. The summed E-state index contributed by atoms with van der Waals surface area (Å²) >= 11 is 0. The number of hydrogen-bond acceptors (Lipinski definition) is 3. The Kier molecular flexibility index (Phi) is 6.07. The first-order valence-corrected chi connectivity index (χ1v) is 9.52. The van der Waals surface area contributed by atoms with Gasteiger partial charge in [-0.2, -0.15) is 0 Å². The zero-order valence-corrected chi connectivity index (χ0v) is 16.2. The highest BCUT2D eigenvalue weighted by molar-refractivity contribution is 5.98. The summed E-state index contributed by atoms with van der Waals surface area (Å²) in [6.45, 7) is 2.37. The van der Waals surface area contributed by atoms with Crippen LogP contribution in [0.4, 0.5) is 0 Å². The van der Waals surface area contributed by atoms with E-state index in [1.807, 2.05) is 40.1 Å². The monoisotopic (exact) mass is 390 g/mol. The van der Waals surface area contributed by atoms with Crippen LogP contribution in [-0.2, 0) is 4.79 Å². The molecule has 6 nitrogen and oxygen atoms in total. The Morgan fingerprint density at radius 1 is 1.07 bits per heavy atom. The van der Waals surface area contributed by atoms with Crippen LogP contribution in [0.25, 0.3) is 10.9 Å². The molecule has 0 spiro atoms. The highest BCUT2D eigenvalue weighted by atomic mass is 35.5. The van der Waals surface area contributed by atoms with Crippen molar-refractivity contribution in [3.63, 3.8) is 0 Å². The van der Waals surface area contributed by atoms with Crippen molar-refractivity contribution in [2.45, 2.75) is 31.7 Å². The van der Waals surface area contributed by atoms with Crippen LogP contribution < -0.4 is 5.73 Å². The number of aromatic nitrogens is 1. The van der Waals surface area contributed by atoms with Crippen LogP contribution in [0, 0.1) is 5.92 Å². The molecule has 2 aliphatic rings. The summed E-state index contributed by atoms with van der Waals surface area (Å²) in [5, 5.41) is 1.04. The van der Waals surface area contributed by atoms with Gasteiger partial charge in [-0.3, -0.25) is 9.59 Å². The second-order valence-corrected chi connectivity index (χ2v) is 7.50. The highest BCUT2D eigenvalue weighted by Gasteiger charge is 2.30. The van der Waals surface area contributed by atoms with E-state index in [4.69, 9.17) is 5.73 Å². The number of para-hydroxylation sites is 1. The maximum absolute atomic E-state index is 12.7. The van der Waals surface area contributed by atoms with Gasteiger partial charge < -0.3 is 20.5 Å². The van der Waals surface area contributed by atoms with Crippen LogP contribution in [-0.4, -0.2) is 58.8 Å². The van der Waals surface area contributed by atoms with E-state index in [9.17, 15) is 9.59 Å². The minimum absolute atomic E-state index is 0. The fourth-order valence-electron chi connectivity index (χ4n) is 4.19. The molecule has 2 heterocycles. The fraction of sp³-hybridized carbons (Fsp3) is 0.500. The Balaban J connectivity index is 0.00000210. The second kappa shape index (κ2) is 8.31. The summed E-state index contributed by atoms with van der Waals surface area (Å²) in [4.78, 5) is 32.2.